The van der Waals surface area contributed by atoms with Crippen LogP contribution in [0.15, 0.2) is 58.2 Å². The van der Waals surface area contributed by atoms with Crippen molar-refractivity contribution in [3.8, 4) is 5.75 Å². The molecule has 0 atom stereocenters. The van der Waals surface area contributed by atoms with Crippen molar-refractivity contribution in [2.45, 2.75) is 6.92 Å². The van der Waals surface area contributed by atoms with Crippen LogP contribution in [0, 0.1) is 0 Å². The van der Waals surface area contributed by atoms with Crippen LogP contribution in [-0.2, 0) is 0 Å². The first kappa shape index (κ1) is 11.9. The first-order valence-electron chi connectivity index (χ1n) is 5.37. The molecule has 0 aliphatic rings. The number of carbonyl (C=O) groups excluding carboxylic acids is 1. The molecule has 2 rings (SSSR count). The Bertz CT molecular complexity index is 533. The lowest BCUT2D eigenvalue weighted by Gasteiger charge is -2.03. The van der Waals surface area contributed by atoms with Crippen LogP contribution in [0.2, 0.25) is 0 Å². The summed E-state index contributed by atoms with van der Waals surface area (Å²) >= 11 is 0. The van der Waals surface area contributed by atoms with Crippen LogP contribution < -0.4 is 10.2 Å². The number of ether oxygens (including phenoxy) is 1. The number of hydrazone groups is 1. The zero-order valence-corrected chi connectivity index (χ0v) is 9.79. The van der Waals surface area contributed by atoms with E-state index in [4.69, 9.17) is 9.15 Å². The predicted octanol–water partition coefficient (Wildman–Crippen LogP) is 2.79. The van der Waals surface area contributed by atoms with Crippen molar-refractivity contribution in [1.29, 1.82) is 0 Å². The summed E-state index contributed by atoms with van der Waals surface area (Å²) in [4.78, 5) is 11.4. The zero-order valence-electron chi connectivity index (χ0n) is 9.79. The van der Waals surface area contributed by atoms with Crippen LogP contribution in [0.4, 0.5) is 4.79 Å². The molecule has 5 nitrogen and oxygen atoms in total. The lowest BCUT2D eigenvalue weighted by atomic mass is 10.3. The number of nitrogens with zero attached hydrogens (tertiary/aromatic N) is 1. The van der Waals surface area contributed by atoms with Crippen LogP contribution in [0.5, 0.6) is 5.75 Å². The molecule has 0 saturated carbocycles. The van der Waals surface area contributed by atoms with E-state index in [1.54, 1.807) is 43.3 Å². The van der Waals surface area contributed by atoms with Gasteiger partial charge in [0.05, 0.1) is 6.26 Å². The molecule has 1 amide bonds. The van der Waals surface area contributed by atoms with E-state index < -0.39 is 6.09 Å². The molecule has 0 unspecified atom stereocenters. The van der Waals surface area contributed by atoms with E-state index in [2.05, 4.69) is 10.5 Å². The fourth-order valence-corrected chi connectivity index (χ4v) is 1.29. The van der Waals surface area contributed by atoms with E-state index in [0.29, 0.717) is 17.2 Å². The molecule has 0 fully saturated rings. The Morgan fingerprint density at radius 2 is 2.00 bits per heavy atom. The quantitative estimate of drug-likeness (QED) is 0.667. The van der Waals surface area contributed by atoms with Crippen LogP contribution in [0.25, 0.3) is 0 Å². The summed E-state index contributed by atoms with van der Waals surface area (Å²) in [6.07, 6.45) is 0.892. The van der Waals surface area contributed by atoms with Crippen LogP contribution in [0.1, 0.15) is 12.7 Å². The predicted molar refractivity (Wildman–Crippen MR) is 66.5 cm³/mol. The number of amides is 1. The van der Waals surface area contributed by atoms with Gasteiger partial charge in [0.2, 0.25) is 0 Å². The zero-order chi connectivity index (χ0) is 12.8. The van der Waals surface area contributed by atoms with Gasteiger partial charge in [0.1, 0.15) is 17.2 Å². The van der Waals surface area contributed by atoms with E-state index in [9.17, 15) is 4.79 Å². The van der Waals surface area contributed by atoms with Gasteiger partial charge in [0, 0.05) is 0 Å². The Labute approximate surface area is 104 Å². The molecule has 5 heteroatoms. The molecule has 0 radical (unpaired) electrons. The van der Waals surface area contributed by atoms with Crippen molar-refractivity contribution in [2.24, 2.45) is 5.10 Å². The maximum Gasteiger partial charge on any atom is 0.433 e. The van der Waals surface area contributed by atoms with Crippen molar-refractivity contribution < 1.29 is 13.9 Å². The molecule has 92 valence electrons. The second-order valence-corrected chi connectivity index (χ2v) is 3.49. The van der Waals surface area contributed by atoms with Crippen LogP contribution in [0.3, 0.4) is 0 Å². The minimum absolute atomic E-state index is 0.459. The van der Waals surface area contributed by atoms with Gasteiger partial charge in [-0.15, -0.1) is 0 Å². The van der Waals surface area contributed by atoms with E-state index in [-0.39, 0.29) is 0 Å². The SMILES string of the molecule is C/C(=N/NC(=O)Oc1ccccc1)c1ccco1. The van der Waals surface area contributed by atoms with Gasteiger partial charge in [-0.25, -0.2) is 10.2 Å². The number of carbonyl (C=O) groups is 1. The normalized spacial score (nSPS) is 11.1. The number of benzene rings is 1. The third-order valence-corrected chi connectivity index (χ3v) is 2.15. The molecule has 0 spiro atoms. The van der Waals surface area contributed by atoms with Gasteiger partial charge in [-0.2, -0.15) is 5.10 Å². The van der Waals surface area contributed by atoms with Crippen molar-refractivity contribution >= 4 is 11.8 Å². The van der Waals surface area contributed by atoms with E-state index in [1.165, 1.54) is 6.26 Å². The third-order valence-electron chi connectivity index (χ3n) is 2.15. The maximum atomic E-state index is 11.4. The number of furan rings is 1. The molecule has 1 heterocycles. The number of rotatable bonds is 3. The Hall–Kier alpha value is -2.56. The summed E-state index contributed by atoms with van der Waals surface area (Å²) in [6, 6.07) is 12.3. The van der Waals surface area contributed by atoms with Gasteiger partial charge >= 0.3 is 6.09 Å². The molecule has 1 N–H and O–H groups in total. The Balaban J connectivity index is 1.91. The number of para-hydroxylation sites is 1. The Kier molecular flexibility index (Phi) is 3.76. The molecule has 1 aromatic heterocycles. The fraction of sp³-hybridized carbons (Fsp3) is 0.0769. The van der Waals surface area contributed by atoms with Gasteiger partial charge in [-0.3, -0.25) is 0 Å². The molecule has 18 heavy (non-hydrogen) atoms. The smallest absolute Gasteiger partial charge is 0.433 e. The highest BCUT2D eigenvalue weighted by molar-refractivity contribution is 5.96. The lowest BCUT2D eigenvalue weighted by Crippen LogP contribution is -2.23. The van der Waals surface area contributed by atoms with Gasteiger partial charge in [0.15, 0.2) is 0 Å². The standard InChI is InChI=1S/C13H12N2O3/c1-10(12-8-5-9-17-12)14-15-13(16)18-11-6-3-2-4-7-11/h2-9H,1H3,(H,15,16)/b14-10-. The van der Waals surface area contributed by atoms with E-state index >= 15 is 0 Å². The summed E-state index contributed by atoms with van der Waals surface area (Å²) < 4.78 is 10.1. The van der Waals surface area contributed by atoms with Crippen LogP contribution in [-0.4, -0.2) is 11.8 Å². The van der Waals surface area contributed by atoms with Gasteiger partial charge in [0.25, 0.3) is 0 Å². The highest BCUT2D eigenvalue weighted by Gasteiger charge is 2.04. The number of hydrogen-bond acceptors (Lipinski definition) is 4. The van der Waals surface area contributed by atoms with Crippen molar-refractivity contribution in [3.05, 3.63) is 54.5 Å². The highest BCUT2D eigenvalue weighted by atomic mass is 16.6. The van der Waals surface area contributed by atoms with Gasteiger partial charge in [-0.1, -0.05) is 18.2 Å². The third kappa shape index (κ3) is 3.21. The monoisotopic (exact) mass is 244 g/mol. The fourth-order valence-electron chi connectivity index (χ4n) is 1.29. The van der Waals surface area contributed by atoms with E-state index in [0.717, 1.165) is 0 Å². The van der Waals surface area contributed by atoms with Crippen molar-refractivity contribution in [2.75, 3.05) is 0 Å². The molecular weight excluding hydrogens is 232 g/mol. The van der Waals surface area contributed by atoms with Crippen molar-refractivity contribution in [1.82, 2.24) is 5.43 Å². The minimum atomic E-state index is -0.646. The highest BCUT2D eigenvalue weighted by Crippen LogP contribution is 2.08. The molecule has 1 aromatic carbocycles. The number of hydrogen-bond donors (Lipinski definition) is 1. The largest absolute Gasteiger partial charge is 0.463 e. The lowest BCUT2D eigenvalue weighted by molar-refractivity contribution is 0.201. The molecule has 2 aromatic rings. The molecule has 0 bridgehead atoms. The molecule has 0 aliphatic heterocycles. The van der Waals surface area contributed by atoms with Gasteiger partial charge < -0.3 is 9.15 Å². The first-order valence-corrected chi connectivity index (χ1v) is 5.37. The average molecular weight is 244 g/mol. The van der Waals surface area contributed by atoms with Crippen LogP contribution >= 0.6 is 0 Å². The van der Waals surface area contributed by atoms with E-state index in [1.807, 2.05) is 6.07 Å². The summed E-state index contributed by atoms with van der Waals surface area (Å²) in [6.45, 7) is 1.72. The second kappa shape index (κ2) is 5.67. The Morgan fingerprint density at radius 1 is 1.22 bits per heavy atom. The average Bonchev–Trinajstić information content (AvgIpc) is 2.91. The first-order chi connectivity index (χ1) is 8.75. The second-order valence-electron chi connectivity index (χ2n) is 3.49. The summed E-state index contributed by atoms with van der Waals surface area (Å²) in [5.74, 6) is 1.05. The molecule has 0 aliphatic carbocycles. The Morgan fingerprint density at radius 3 is 2.67 bits per heavy atom. The van der Waals surface area contributed by atoms with Crippen molar-refractivity contribution in [3.63, 3.8) is 0 Å². The maximum absolute atomic E-state index is 11.4. The molecule has 0 saturated heterocycles. The molecular formula is C13H12N2O3. The summed E-state index contributed by atoms with van der Waals surface area (Å²) in [7, 11) is 0. The summed E-state index contributed by atoms with van der Waals surface area (Å²) in [5, 5.41) is 3.86. The topological polar surface area (TPSA) is 63.8 Å². The number of nitrogens with one attached hydrogen (secondary N) is 1. The van der Waals surface area contributed by atoms with Gasteiger partial charge in [-0.05, 0) is 31.2 Å². The minimum Gasteiger partial charge on any atom is -0.463 e. The summed E-state index contributed by atoms with van der Waals surface area (Å²) in [5.41, 5.74) is 2.85.